The van der Waals surface area contributed by atoms with Gasteiger partial charge in [-0.15, -0.1) is 0 Å². The number of anilines is 2. The summed E-state index contributed by atoms with van der Waals surface area (Å²) in [6.45, 7) is -5.53. The van der Waals surface area contributed by atoms with Crippen LogP contribution in [0.15, 0.2) is 0 Å². The van der Waals surface area contributed by atoms with Gasteiger partial charge in [-0.25, -0.2) is 9.97 Å². The second-order valence-electron chi connectivity index (χ2n) is 13.3. The zero-order valence-electron chi connectivity index (χ0n) is 30.3. The molecule has 334 valence electrons. The van der Waals surface area contributed by atoms with Gasteiger partial charge in [0, 0.05) is 13.1 Å². The smallest absolute Gasteiger partial charge is 0.273 e. The number of ether oxygens (including phenoxy) is 4. The number of carbonyl (C=O) groups is 2. The van der Waals surface area contributed by atoms with Crippen molar-refractivity contribution in [2.24, 2.45) is 0 Å². The molecule has 3 heterocycles. The van der Waals surface area contributed by atoms with E-state index in [0.29, 0.717) is 0 Å². The molecule has 4 unspecified atom stereocenters. The third-order valence-electron chi connectivity index (χ3n) is 9.20. The molecule has 22 N–H and O–H groups in total. The number of nitrogen functional groups attached to an aromatic ring is 2. The summed E-state index contributed by atoms with van der Waals surface area (Å²) in [6, 6.07) is 0. The lowest BCUT2D eigenvalue weighted by Crippen LogP contribution is -2.61. The van der Waals surface area contributed by atoms with Crippen LogP contribution in [0, 0.1) is 0 Å². The maximum absolute atomic E-state index is 12.9. The molecule has 0 saturated carbocycles. The Hall–Kier alpha value is -3.18. The van der Waals surface area contributed by atoms with Gasteiger partial charge in [-0.2, -0.15) is 0 Å². The molecule has 0 aliphatic carbocycles. The lowest BCUT2D eigenvalue weighted by atomic mass is 9.98. The maximum atomic E-state index is 12.9. The molecule has 2 saturated heterocycles. The van der Waals surface area contributed by atoms with Crippen molar-refractivity contribution in [3.63, 3.8) is 0 Å². The molecule has 1 aromatic rings. The Bertz CT molecular complexity index is 1360. The summed E-state index contributed by atoms with van der Waals surface area (Å²) in [4.78, 5) is 33.2. The number of aromatic nitrogens is 2. The van der Waals surface area contributed by atoms with Crippen molar-refractivity contribution in [2.75, 3.05) is 51.0 Å². The number of amides is 2. The third-order valence-corrected chi connectivity index (χ3v) is 9.20. The summed E-state index contributed by atoms with van der Waals surface area (Å²) in [5.41, 5.74) is 10.2. The summed E-state index contributed by atoms with van der Waals surface area (Å²) in [7, 11) is 0. The van der Waals surface area contributed by atoms with Gasteiger partial charge in [0.1, 0.15) is 85.5 Å². The van der Waals surface area contributed by atoms with E-state index in [1.165, 1.54) is 0 Å². The van der Waals surface area contributed by atoms with Crippen molar-refractivity contribution in [3.05, 3.63) is 11.4 Å². The molecule has 2 aliphatic heterocycles. The molecular formula is C30H52N6O22. The van der Waals surface area contributed by atoms with Crippen molar-refractivity contribution in [2.45, 2.75) is 110 Å². The zero-order chi connectivity index (χ0) is 43.8. The minimum absolute atomic E-state index is 0.707. The van der Waals surface area contributed by atoms with Crippen molar-refractivity contribution < 1.29 is 110 Å². The first-order valence-electron chi connectivity index (χ1n) is 17.5. The number of aliphatic hydroxyl groups excluding tert-OH is 16. The Morgan fingerprint density at radius 1 is 0.569 bits per heavy atom. The van der Waals surface area contributed by atoms with Crippen LogP contribution in [0.4, 0.5) is 11.6 Å². The van der Waals surface area contributed by atoms with Gasteiger partial charge in [-0.1, -0.05) is 0 Å². The molecule has 3 rings (SSSR count). The Labute approximate surface area is 327 Å². The fourth-order valence-electron chi connectivity index (χ4n) is 5.71. The molecule has 58 heavy (non-hydrogen) atoms. The Morgan fingerprint density at radius 2 is 0.897 bits per heavy atom. The number of hydrogen-bond donors (Lipinski definition) is 20. The summed E-state index contributed by atoms with van der Waals surface area (Å²) >= 11 is 0. The summed E-state index contributed by atoms with van der Waals surface area (Å²) < 4.78 is 20.9. The summed E-state index contributed by atoms with van der Waals surface area (Å²) in [6.07, 6.45) is -34.3. The van der Waals surface area contributed by atoms with Crippen LogP contribution in [0.1, 0.15) is 21.0 Å². The number of carbonyl (C=O) groups excluding carboxylic acids is 2. The van der Waals surface area contributed by atoms with E-state index in [0.717, 1.165) is 0 Å². The highest BCUT2D eigenvalue weighted by Crippen LogP contribution is 2.27. The lowest BCUT2D eigenvalue weighted by molar-refractivity contribution is -0.327. The molecule has 18 atom stereocenters. The van der Waals surface area contributed by atoms with E-state index in [9.17, 15) is 91.3 Å². The molecule has 0 spiro atoms. The van der Waals surface area contributed by atoms with Crippen LogP contribution < -0.4 is 22.1 Å². The molecular weight excluding hydrogens is 796 g/mol. The molecule has 2 aliphatic rings. The second-order valence-corrected chi connectivity index (χ2v) is 13.3. The van der Waals surface area contributed by atoms with Gasteiger partial charge < -0.3 is 123 Å². The number of aliphatic hydroxyl groups is 16. The molecule has 1 aromatic heterocycles. The molecule has 28 heteroatoms. The number of nitrogens with two attached hydrogens (primary N) is 2. The molecule has 0 bridgehead atoms. The normalized spacial score (nSPS) is 31.9. The average Bonchev–Trinajstić information content (AvgIpc) is 3.21. The van der Waals surface area contributed by atoms with Crippen LogP contribution in [-0.4, -0.2) is 253 Å². The van der Waals surface area contributed by atoms with Crippen molar-refractivity contribution in [1.29, 1.82) is 0 Å². The Morgan fingerprint density at radius 3 is 1.19 bits per heavy atom. The van der Waals surface area contributed by atoms with Crippen LogP contribution in [0.3, 0.4) is 0 Å². The van der Waals surface area contributed by atoms with E-state index in [1.54, 1.807) is 0 Å². The van der Waals surface area contributed by atoms with Crippen LogP contribution in [0.25, 0.3) is 0 Å². The lowest BCUT2D eigenvalue weighted by Gasteiger charge is -2.42. The quantitative estimate of drug-likeness (QED) is 0.0579. The van der Waals surface area contributed by atoms with E-state index in [2.05, 4.69) is 20.6 Å². The van der Waals surface area contributed by atoms with Crippen LogP contribution >= 0.6 is 0 Å². The van der Waals surface area contributed by atoms with Crippen molar-refractivity contribution in [3.8, 4) is 0 Å². The van der Waals surface area contributed by atoms with Gasteiger partial charge in [-0.05, 0) is 0 Å². The van der Waals surface area contributed by atoms with Gasteiger partial charge in [0.25, 0.3) is 11.8 Å². The fraction of sp³-hybridized carbons (Fsp3) is 0.800. The van der Waals surface area contributed by atoms with Gasteiger partial charge in [-0.3, -0.25) is 9.59 Å². The molecule has 0 aromatic carbocycles. The summed E-state index contributed by atoms with van der Waals surface area (Å²) in [5, 5.41) is 165. The summed E-state index contributed by atoms with van der Waals surface area (Å²) in [5.74, 6) is -3.80. The predicted octanol–water partition coefficient (Wildman–Crippen LogP) is -12.4. The van der Waals surface area contributed by atoms with E-state index in [4.69, 9.17) is 30.4 Å². The fourth-order valence-corrected chi connectivity index (χ4v) is 5.71. The highest BCUT2D eigenvalue weighted by atomic mass is 16.7. The van der Waals surface area contributed by atoms with E-state index in [-0.39, 0.29) is 0 Å². The van der Waals surface area contributed by atoms with Gasteiger partial charge in [0.2, 0.25) is 0 Å². The highest BCUT2D eigenvalue weighted by molar-refractivity contribution is 6.00. The first-order valence-corrected chi connectivity index (χ1v) is 17.5. The van der Waals surface area contributed by atoms with Gasteiger partial charge in [0.05, 0.1) is 38.6 Å². The van der Waals surface area contributed by atoms with Crippen LogP contribution in [-0.2, 0) is 18.9 Å². The first kappa shape index (κ1) is 49.2. The average molecular weight is 849 g/mol. The van der Waals surface area contributed by atoms with E-state index < -0.39 is 185 Å². The number of hydrogen-bond acceptors (Lipinski definition) is 26. The SMILES string of the molecule is Nc1nc(C(=O)NCC(O)[C@@H](O)[C@H](O[C@@H]2O[C@H](CO)[C@@H](O)[C@H](O)[C@H]2O)C(O)CO)c(N)nc1C(=O)NCC(O)[C@@H](O)[C@H](O[C@@H]1O[C@H](CO)[C@@H](O)[C@H](O)[C@H]1O)C(O)CO. The predicted molar refractivity (Wildman–Crippen MR) is 183 cm³/mol. The topological polar surface area (TPSA) is 497 Å². The van der Waals surface area contributed by atoms with Crippen LogP contribution in [0.2, 0.25) is 0 Å². The minimum Gasteiger partial charge on any atom is -0.394 e. The molecule has 2 fully saturated rings. The largest absolute Gasteiger partial charge is 0.394 e. The minimum atomic E-state index is -2.16. The van der Waals surface area contributed by atoms with E-state index >= 15 is 0 Å². The van der Waals surface area contributed by atoms with Gasteiger partial charge >= 0.3 is 0 Å². The molecule has 2 amide bonds. The van der Waals surface area contributed by atoms with Crippen molar-refractivity contribution >= 4 is 23.5 Å². The molecule has 0 radical (unpaired) electrons. The standard InChI is InChI=1S/C30H52N6O22/c31-25-13(27(53)33-1-7(41)15(45)23(9(43)3-37)57-29-21(51)19(49)17(47)11(5-39)55-29)35-26(32)14(36-25)28(54)34-2-8(42)16(46)24(10(44)4-38)58-30-22(52)20(50)18(48)12(6-40)56-30/h7-12,15-24,29-30,37-52H,1-6H2,(H2,32,35)(H2,31,36)(H,33,53)(H,34,54)/t7?,8?,9?,10?,11-,12-,15-,16-,17-,18-,19+,20+,21-,22-,23-,24-,29+,30+/m1/s1. The number of nitrogens with zero attached hydrogens (tertiary/aromatic N) is 2. The second kappa shape index (κ2) is 21.9. The number of rotatable bonds is 20. The van der Waals surface area contributed by atoms with E-state index in [1.807, 2.05) is 0 Å². The third kappa shape index (κ3) is 11.5. The van der Waals surface area contributed by atoms with Gasteiger partial charge in [0.15, 0.2) is 35.6 Å². The Balaban J connectivity index is 1.63. The number of nitrogens with one attached hydrogen (secondary N) is 2. The highest BCUT2D eigenvalue weighted by Gasteiger charge is 2.48. The maximum Gasteiger partial charge on any atom is 0.273 e. The molecule has 28 nitrogen and oxygen atoms in total. The zero-order valence-corrected chi connectivity index (χ0v) is 30.3. The monoisotopic (exact) mass is 848 g/mol. The van der Waals surface area contributed by atoms with Crippen molar-refractivity contribution in [1.82, 2.24) is 20.6 Å². The van der Waals surface area contributed by atoms with Crippen LogP contribution in [0.5, 0.6) is 0 Å². The first-order chi connectivity index (χ1) is 27.2. The Kier molecular flexibility index (Phi) is 18.6.